The van der Waals surface area contributed by atoms with E-state index in [0.29, 0.717) is 11.5 Å². The predicted molar refractivity (Wildman–Crippen MR) is 99.8 cm³/mol. The number of benzene rings is 1. The van der Waals surface area contributed by atoms with Crippen LogP contribution in [-0.4, -0.2) is 26.7 Å². The van der Waals surface area contributed by atoms with Crippen molar-refractivity contribution in [1.29, 1.82) is 0 Å². The Kier molecular flexibility index (Phi) is 8.40. The average Bonchev–Trinajstić information content (AvgIpc) is 2.48. The van der Waals surface area contributed by atoms with Crippen LogP contribution in [0.4, 0.5) is 0 Å². The highest BCUT2D eigenvalue weighted by Gasteiger charge is 2.22. The Morgan fingerprint density at radius 3 is 2.25 bits per heavy atom. The van der Waals surface area contributed by atoms with Crippen LogP contribution >= 0.6 is 0 Å². The lowest BCUT2D eigenvalue weighted by molar-refractivity contribution is -0.0129. The molecule has 0 radical (unpaired) electrons. The smallest absolute Gasteiger partial charge is 0.240 e. The van der Waals surface area contributed by atoms with Gasteiger partial charge in [0.1, 0.15) is 0 Å². The van der Waals surface area contributed by atoms with E-state index >= 15 is 0 Å². The first-order chi connectivity index (χ1) is 11.1. The number of ether oxygens (including phenoxy) is 1. The number of aryl methyl sites for hydroxylation is 1. The van der Waals surface area contributed by atoms with E-state index in [0.717, 1.165) is 31.2 Å². The van der Waals surface area contributed by atoms with E-state index in [1.54, 1.807) is 12.1 Å². The van der Waals surface area contributed by atoms with Gasteiger partial charge in [-0.2, -0.15) is 0 Å². The molecule has 1 rings (SSSR count). The first kappa shape index (κ1) is 21.1. The average molecular weight is 356 g/mol. The highest BCUT2D eigenvalue weighted by atomic mass is 32.2. The van der Waals surface area contributed by atoms with Gasteiger partial charge in [-0.1, -0.05) is 50.3 Å². The van der Waals surface area contributed by atoms with Crippen LogP contribution in [0.15, 0.2) is 29.2 Å². The molecule has 0 bridgehead atoms. The fourth-order valence-corrected chi connectivity index (χ4v) is 3.60. The molecule has 5 heteroatoms. The number of unbranched alkanes of at least 4 members (excludes halogenated alkanes) is 3. The zero-order chi connectivity index (χ0) is 18.2. The molecule has 0 fully saturated rings. The minimum atomic E-state index is -3.52. The molecule has 0 saturated heterocycles. The number of nitrogens with one attached hydrogen (secondary N) is 1. The van der Waals surface area contributed by atoms with E-state index in [9.17, 15) is 8.42 Å². The molecule has 4 nitrogen and oxygen atoms in total. The lowest BCUT2D eigenvalue weighted by atomic mass is 10.1. The highest BCUT2D eigenvalue weighted by molar-refractivity contribution is 7.89. The molecule has 0 amide bonds. The minimum absolute atomic E-state index is 0.201. The second kappa shape index (κ2) is 9.54. The van der Waals surface area contributed by atoms with Crippen LogP contribution in [0.3, 0.4) is 0 Å². The lowest BCUT2D eigenvalue weighted by Gasteiger charge is -2.25. The highest BCUT2D eigenvalue weighted by Crippen LogP contribution is 2.15. The van der Waals surface area contributed by atoms with Gasteiger partial charge >= 0.3 is 0 Å². The van der Waals surface area contributed by atoms with Crippen molar-refractivity contribution in [1.82, 2.24) is 4.72 Å². The second-order valence-corrected chi connectivity index (χ2v) is 9.12. The van der Waals surface area contributed by atoms with Crippen LogP contribution in [0.25, 0.3) is 0 Å². The molecule has 0 saturated carbocycles. The molecule has 0 aliphatic carbocycles. The fourth-order valence-electron chi connectivity index (χ4n) is 2.35. The molecular weight excluding hydrogens is 322 g/mol. The van der Waals surface area contributed by atoms with Gasteiger partial charge in [0.05, 0.1) is 17.1 Å². The quantitative estimate of drug-likeness (QED) is 0.632. The Balaban J connectivity index is 2.75. The van der Waals surface area contributed by atoms with Gasteiger partial charge in [-0.15, -0.1) is 0 Å². The van der Waals surface area contributed by atoms with Crippen molar-refractivity contribution in [3.8, 4) is 0 Å². The number of hydrogen-bond acceptors (Lipinski definition) is 3. The van der Waals surface area contributed by atoms with Gasteiger partial charge in [0.2, 0.25) is 10.0 Å². The molecular formula is C19H33NO3S. The third kappa shape index (κ3) is 8.27. The number of hydrogen-bond donors (Lipinski definition) is 1. The Labute approximate surface area is 148 Å². The van der Waals surface area contributed by atoms with Crippen LogP contribution in [0.2, 0.25) is 0 Å². The fraction of sp³-hybridized carbons (Fsp3) is 0.684. The third-order valence-electron chi connectivity index (χ3n) is 3.78. The number of sulfonamides is 1. The van der Waals surface area contributed by atoms with Crippen LogP contribution in [0, 0.1) is 6.92 Å². The van der Waals surface area contributed by atoms with E-state index < -0.39 is 10.0 Å². The summed E-state index contributed by atoms with van der Waals surface area (Å²) in [5.41, 5.74) is 0.762. The van der Waals surface area contributed by atoms with Crippen LogP contribution in [0.1, 0.15) is 65.4 Å². The van der Waals surface area contributed by atoms with Crippen LogP contribution in [0.5, 0.6) is 0 Å². The molecule has 1 N–H and O–H groups in total. The topological polar surface area (TPSA) is 55.4 Å². The second-order valence-electron chi connectivity index (χ2n) is 7.40. The van der Waals surface area contributed by atoms with Gasteiger partial charge in [0.15, 0.2) is 0 Å². The summed E-state index contributed by atoms with van der Waals surface area (Å²) >= 11 is 0. The van der Waals surface area contributed by atoms with Gasteiger partial charge in [0.25, 0.3) is 0 Å². The zero-order valence-electron chi connectivity index (χ0n) is 15.8. The predicted octanol–water partition coefficient (Wildman–Crippen LogP) is 4.43. The molecule has 1 atom stereocenters. The Hall–Kier alpha value is -0.910. The van der Waals surface area contributed by atoms with Crippen molar-refractivity contribution in [2.75, 3.05) is 6.61 Å². The summed E-state index contributed by atoms with van der Waals surface area (Å²) in [7, 11) is -3.52. The van der Waals surface area contributed by atoms with Crippen molar-refractivity contribution in [2.24, 2.45) is 0 Å². The zero-order valence-corrected chi connectivity index (χ0v) is 16.6. The first-order valence-electron chi connectivity index (χ1n) is 8.87. The molecule has 0 aliphatic heterocycles. The molecule has 1 aromatic rings. The number of rotatable bonds is 10. The summed E-state index contributed by atoms with van der Waals surface area (Å²) in [6.45, 7) is 10.4. The summed E-state index contributed by atoms with van der Waals surface area (Å²) in [5, 5.41) is 0. The molecule has 0 aliphatic rings. The van der Waals surface area contributed by atoms with Crippen LogP contribution < -0.4 is 4.72 Å². The van der Waals surface area contributed by atoms with Gasteiger partial charge < -0.3 is 4.74 Å². The van der Waals surface area contributed by atoms with E-state index in [-0.39, 0.29) is 11.6 Å². The van der Waals surface area contributed by atoms with Gasteiger partial charge in [0, 0.05) is 6.04 Å². The summed E-state index contributed by atoms with van der Waals surface area (Å²) < 4.78 is 33.8. The van der Waals surface area contributed by atoms with E-state index in [1.165, 1.54) is 6.42 Å². The maximum absolute atomic E-state index is 12.6. The third-order valence-corrected chi connectivity index (χ3v) is 5.31. The molecule has 0 heterocycles. The largest absolute Gasteiger partial charge is 0.374 e. The monoisotopic (exact) mass is 355 g/mol. The molecule has 24 heavy (non-hydrogen) atoms. The van der Waals surface area contributed by atoms with Crippen LogP contribution in [-0.2, 0) is 14.8 Å². The van der Waals surface area contributed by atoms with Gasteiger partial charge in [-0.25, -0.2) is 13.1 Å². The molecule has 0 unspecified atom stereocenters. The maximum atomic E-state index is 12.6. The van der Waals surface area contributed by atoms with E-state index in [4.69, 9.17) is 4.74 Å². The summed E-state index contributed by atoms with van der Waals surface area (Å²) in [6, 6.07) is 6.73. The van der Waals surface area contributed by atoms with Gasteiger partial charge in [-0.05, 0) is 46.2 Å². The molecule has 1 aromatic carbocycles. The SMILES string of the molecule is CCCCCC[C@@H](COC(C)(C)C)NS(=O)(=O)c1ccc(C)cc1. The molecule has 138 valence electrons. The minimum Gasteiger partial charge on any atom is -0.374 e. The summed E-state index contributed by atoms with van der Waals surface area (Å²) in [6.07, 6.45) is 5.26. The van der Waals surface area contributed by atoms with Crippen molar-refractivity contribution in [2.45, 2.75) is 83.3 Å². The first-order valence-corrected chi connectivity index (χ1v) is 10.4. The molecule has 0 spiro atoms. The standard InChI is InChI=1S/C19H33NO3S/c1-6-7-8-9-10-17(15-23-19(3,4)5)20-24(21,22)18-13-11-16(2)12-14-18/h11-14,17,20H,6-10,15H2,1-5H3/t17-/m0/s1. The van der Waals surface area contributed by atoms with Gasteiger partial charge in [-0.3, -0.25) is 0 Å². The van der Waals surface area contributed by atoms with E-state index in [2.05, 4.69) is 11.6 Å². The molecule has 0 aromatic heterocycles. The Morgan fingerprint density at radius 1 is 1.08 bits per heavy atom. The maximum Gasteiger partial charge on any atom is 0.240 e. The Bertz CT molecular complexity index is 574. The summed E-state index contributed by atoms with van der Waals surface area (Å²) in [4.78, 5) is 0.308. The lowest BCUT2D eigenvalue weighted by Crippen LogP contribution is -2.40. The van der Waals surface area contributed by atoms with Crippen molar-refractivity contribution >= 4 is 10.0 Å². The van der Waals surface area contributed by atoms with Crippen molar-refractivity contribution in [3.63, 3.8) is 0 Å². The normalized spacial score (nSPS) is 13.9. The van der Waals surface area contributed by atoms with Crippen molar-refractivity contribution < 1.29 is 13.2 Å². The van der Waals surface area contributed by atoms with E-state index in [1.807, 2.05) is 39.8 Å². The summed E-state index contributed by atoms with van der Waals surface area (Å²) in [5.74, 6) is 0. The Morgan fingerprint density at radius 2 is 1.71 bits per heavy atom. The van der Waals surface area contributed by atoms with Crippen molar-refractivity contribution in [3.05, 3.63) is 29.8 Å².